The summed E-state index contributed by atoms with van der Waals surface area (Å²) in [5, 5.41) is 78.4. The Bertz CT molecular complexity index is 4200. The van der Waals surface area contributed by atoms with Gasteiger partial charge in [-0.3, -0.25) is 0 Å². The maximum absolute atomic E-state index is 11.9. The predicted octanol–water partition coefficient (Wildman–Crippen LogP) is 34.0. The molecule has 8 rings (SSSR count). The third kappa shape index (κ3) is 29.8. The minimum absolute atomic E-state index is 0. The number of nitrogens with zero attached hydrogens (tertiary/aromatic N) is 8. The molecular weight excluding hydrogens is 1840 g/mol. The van der Waals surface area contributed by atoms with Crippen molar-refractivity contribution in [3.63, 3.8) is 0 Å². The Morgan fingerprint density at radius 3 is 0.411 bits per heavy atom. The second-order valence-corrected chi connectivity index (χ2v) is 70.4. The van der Waals surface area contributed by atoms with E-state index < -0.39 is 59.9 Å². The Labute approximate surface area is 807 Å². The molecule has 124 heavy (non-hydrogen) atoms. The Morgan fingerprint density at radius 2 is 0.298 bits per heavy atom. The smallest absolute Gasteiger partial charge is 0.804 e. The standard InChI is InChI=1S/4C26H40N2P2.4Co/c4*1-17(2)29(18(3)4)25-15-21(9)11-13-23(25)28-24-14-12-22(10)16-26(24)30(27,19(5)6)20(7)8;;;;/h4*11-20H,1-10H3;;;;/q4*-2;4*+2/p+4. The Hall–Kier alpha value is -2.37. The van der Waals surface area contributed by atoms with E-state index >= 15 is 0 Å². The van der Waals surface area contributed by atoms with Crippen molar-refractivity contribution >= 4 is 148 Å². The molecule has 4 radical (unpaired) electrons. The predicted molar refractivity (Wildman–Crippen MR) is 574 cm³/mol. The zero-order chi connectivity index (χ0) is 91.2. The third-order valence-corrected chi connectivity index (χ3v) is 55.3. The quantitative estimate of drug-likeness (QED) is 0.0370. The number of aryl methyl sites for hydroxylation is 8. The van der Waals surface area contributed by atoms with Gasteiger partial charge in [-0.25, -0.2) is 0 Å². The fraction of sp³-hybridized carbons (Fsp3) is 0.538. The minimum Gasteiger partial charge on any atom is -0.804 e. The van der Waals surface area contributed by atoms with Gasteiger partial charge in [-0.1, -0.05) is 298 Å². The number of benzene rings is 8. The van der Waals surface area contributed by atoms with Crippen molar-refractivity contribution in [3.05, 3.63) is 232 Å². The van der Waals surface area contributed by atoms with Crippen molar-refractivity contribution in [2.75, 3.05) is 0 Å². The molecule has 0 atom stereocenters. The van der Waals surface area contributed by atoms with Crippen LogP contribution in [0, 0.1) is 55.4 Å². The van der Waals surface area contributed by atoms with Crippen LogP contribution < -0.4 is 42.4 Å². The van der Waals surface area contributed by atoms with Crippen molar-refractivity contribution in [1.82, 2.24) is 0 Å². The van der Waals surface area contributed by atoms with Gasteiger partial charge in [0.2, 0.25) is 0 Å². The molecule has 0 amide bonds. The first-order chi connectivity index (χ1) is 55.6. The SMILES string of the molecule is Cc1ccc([N-]c2ccc(C)cc2P(=[N-])(C(C)C)C(C)C)c([PH+](C(C)C)C(C)C)c1.Cc1ccc([N-]c2ccc(C)cc2P(=[N-])(C(C)C)C(C)C)c([PH+](C(C)C)C(C)C)c1.Cc1ccc([N-]c2ccc(C)cc2P(=[N-])(C(C)C)C(C)C)c([PH+](C(C)C)C(C)C)c1.Cc1ccc([N-]c2ccc(C)cc2P(=[N-])(C(C)C)C(C)C)c([PH+](C(C)C)C(C)C)c1.[Co+2].[Co+2].[Co+2].[Co+2]. The molecule has 0 aliphatic rings. The van der Waals surface area contributed by atoms with Crippen molar-refractivity contribution in [2.24, 2.45) is 0 Å². The summed E-state index contributed by atoms with van der Waals surface area (Å²) in [7, 11) is -12.4. The van der Waals surface area contributed by atoms with Gasteiger partial charge in [0.1, 0.15) is 0 Å². The van der Waals surface area contributed by atoms with Gasteiger partial charge in [-0.05, 0) is 258 Å². The average molecular weight is 2010 g/mol. The number of hydrogen-bond donors (Lipinski definition) is 0. The maximum atomic E-state index is 11.9. The van der Waals surface area contributed by atoms with E-state index in [4.69, 9.17) is 21.3 Å². The van der Waals surface area contributed by atoms with E-state index in [0.717, 1.165) is 66.7 Å². The van der Waals surface area contributed by atoms with Crippen LogP contribution in [0.4, 0.5) is 45.5 Å². The summed E-state index contributed by atoms with van der Waals surface area (Å²) >= 11 is 0. The second-order valence-electron chi connectivity index (χ2n) is 39.3. The van der Waals surface area contributed by atoms with Crippen molar-refractivity contribution in [1.29, 1.82) is 0 Å². The summed E-state index contributed by atoms with van der Waals surface area (Å²) in [6, 6.07) is 52.5. The fourth-order valence-electron chi connectivity index (χ4n) is 18.3. The van der Waals surface area contributed by atoms with Gasteiger partial charge in [-0.2, -0.15) is 28.2 Å². The van der Waals surface area contributed by atoms with Crippen LogP contribution in [0.2, 0.25) is 0 Å². The molecule has 0 saturated heterocycles. The van der Waals surface area contributed by atoms with Crippen molar-refractivity contribution in [3.8, 4) is 0 Å². The van der Waals surface area contributed by atoms with E-state index in [2.05, 4.69) is 423 Å². The van der Waals surface area contributed by atoms with Crippen LogP contribution >= 0.6 is 59.9 Å². The molecule has 20 heteroatoms. The summed E-state index contributed by atoms with van der Waals surface area (Å²) in [6.07, 6.45) is 0. The summed E-state index contributed by atoms with van der Waals surface area (Å²) < 4.78 is 0. The minimum atomic E-state index is -2.34. The molecule has 0 aliphatic heterocycles. The van der Waals surface area contributed by atoms with Crippen molar-refractivity contribution < 1.29 is 67.1 Å². The molecular formula is C104H164Co4N8P8+4. The van der Waals surface area contributed by atoms with Crippen LogP contribution in [0.5, 0.6) is 0 Å². The van der Waals surface area contributed by atoms with Crippen LogP contribution in [0.3, 0.4) is 0 Å². The molecule has 8 nitrogen and oxygen atoms in total. The Balaban J connectivity index is 0.000000818. The molecule has 0 N–H and O–H groups in total. The molecule has 0 bridgehead atoms. The first kappa shape index (κ1) is 120. The number of hydrogen-bond acceptors (Lipinski definition) is 0. The molecule has 0 heterocycles. The first-order valence-electron chi connectivity index (χ1n) is 45.2. The van der Waals surface area contributed by atoms with Crippen LogP contribution in [-0.2, 0) is 67.1 Å². The normalized spacial score (nSPS) is 12.2. The fourth-order valence-corrected chi connectivity index (χ4v) is 44.7. The van der Waals surface area contributed by atoms with E-state index in [1.165, 1.54) is 65.7 Å². The van der Waals surface area contributed by atoms with E-state index in [9.17, 15) is 20.6 Å². The first-order valence-corrected chi connectivity index (χ1v) is 59.4. The zero-order valence-corrected chi connectivity index (χ0v) is 95.5. The summed E-state index contributed by atoms with van der Waals surface area (Å²) in [6.45, 7) is 89.0. The molecule has 8 aromatic carbocycles. The van der Waals surface area contributed by atoms with E-state index in [1.54, 1.807) is 0 Å². The third-order valence-electron chi connectivity index (χ3n) is 24.2. The van der Waals surface area contributed by atoms with Gasteiger partial charge >= 0.3 is 67.1 Å². The van der Waals surface area contributed by atoms with Gasteiger partial charge in [-0.15, -0.1) is 22.7 Å². The molecule has 0 unspecified atom stereocenters. The summed E-state index contributed by atoms with van der Waals surface area (Å²) in [4.78, 5) is 0. The monoisotopic (exact) mass is 2010 g/mol. The van der Waals surface area contributed by atoms with Gasteiger partial charge in [0.05, 0.1) is 66.5 Å². The average Bonchev–Trinajstić information content (AvgIpc) is 0.779. The Kier molecular flexibility index (Phi) is 50.5. The summed E-state index contributed by atoms with van der Waals surface area (Å²) in [5.74, 6) is 0. The van der Waals surface area contributed by atoms with E-state index in [-0.39, 0.29) is 112 Å². The van der Waals surface area contributed by atoms with Crippen LogP contribution in [0.25, 0.3) is 41.9 Å². The summed E-state index contributed by atoms with van der Waals surface area (Å²) in [5.41, 5.74) is 24.8. The van der Waals surface area contributed by atoms with Gasteiger partial charge in [0, 0.05) is 31.7 Å². The topological polar surface area (TPSA) is 146 Å². The van der Waals surface area contributed by atoms with E-state index in [1.807, 2.05) is 0 Å². The van der Waals surface area contributed by atoms with Crippen LogP contribution in [0.15, 0.2) is 146 Å². The molecule has 0 aliphatic carbocycles. The van der Waals surface area contributed by atoms with Gasteiger partial charge in [0.25, 0.3) is 0 Å². The molecule has 8 aromatic rings. The molecule has 0 spiro atoms. The van der Waals surface area contributed by atoms with Crippen LogP contribution in [0.1, 0.15) is 266 Å². The molecule has 0 saturated carbocycles. The largest absolute Gasteiger partial charge is 2.00 e. The van der Waals surface area contributed by atoms with Crippen molar-refractivity contribution in [2.45, 2.75) is 367 Å². The zero-order valence-electron chi connectivity index (χ0n) is 83.8. The molecule has 692 valence electrons. The van der Waals surface area contributed by atoms with Crippen LogP contribution in [-0.4, -0.2) is 90.5 Å². The number of rotatable bonds is 32. The molecule has 0 fully saturated rings. The van der Waals surface area contributed by atoms with Gasteiger partial charge < -0.3 is 41.9 Å². The van der Waals surface area contributed by atoms with E-state index in [0.29, 0.717) is 45.3 Å². The maximum Gasteiger partial charge on any atom is 2.00 e. The van der Waals surface area contributed by atoms with Gasteiger partial charge in [0.15, 0.2) is 0 Å². The Morgan fingerprint density at radius 1 is 0.185 bits per heavy atom. The second kappa shape index (κ2) is 52.3. The molecule has 0 aromatic heterocycles.